The summed E-state index contributed by atoms with van der Waals surface area (Å²) >= 11 is 0. The topological polar surface area (TPSA) is 45.2 Å². The van der Waals surface area contributed by atoms with Gasteiger partial charge in [-0.25, -0.2) is 0 Å². The molecule has 0 spiro atoms. The van der Waals surface area contributed by atoms with Crippen molar-refractivity contribution < 1.29 is 4.21 Å². The molecule has 0 amide bonds. The van der Waals surface area contributed by atoms with Gasteiger partial charge in [-0.1, -0.05) is 24.3 Å². The zero-order chi connectivity index (χ0) is 15.9. The van der Waals surface area contributed by atoms with Crippen molar-refractivity contribution in [3.05, 3.63) is 52.9 Å². The molecule has 1 fully saturated rings. The van der Waals surface area contributed by atoms with Crippen LogP contribution in [0.3, 0.4) is 0 Å². The molecule has 2 aliphatic rings. The van der Waals surface area contributed by atoms with Crippen molar-refractivity contribution in [2.75, 3.05) is 7.05 Å². The molecule has 0 bridgehead atoms. The summed E-state index contributed by atoms with van der Waals surface area (Å²) in [6.45, 7) is 6.23. The average Bonchev–Trinajstić information content (AvgIpc) is 2.85. The lowest BCUT2D eigenvalue weighted by atomic mass is 10.0. The Hall–Kier alpha value is -1.30. The van der Waals surface area contributed by atoms with Crippen LogP contribution in [0.5, 0.6) is 0 Å². The molecule has 1 N–H and O–H groups in total. The Bertz CT molecular complexity index is 668. The highest BCUT2D eigenvalue weighted by atomic mass is 32.2. The number of allylic oxidation sites excluding steroid dienone is 2. The second-order valence-corrected chi connectivity index (χ2v) is 7.63. The molecule has 4 unspecified atom stereocenters. The normalized spacial score (nSPS) is 28.8. The van der Waals surface area contributed by atoms with Crippen LogP contribution in [-0.2, 0) is 16.6 Å². The van der Waals surface area contributed by atoms with Crippen molar-refractivity contribution in [2.24, 2.45) is 0 Å². The number of aryl methyl sites for hydroxylation is 1. The van der Waals surface area contributed by atoms with Gasteiger partial charge >= 0.3 is 0 Å². The maximum atomic E-state index is 12.8. The summed E-state index contributed by atoms with van der Waals surface area (Å²) in [4.78, 5) is 6.66. The molecule has 5 heteroatoms. The Morgan fingerprint density at radius 2 is 1.95 bits per heavy atom. The third kappa shape index (κ3) is 2.69. The van der Waals surface area contributed by atoms with Crippen LogP contribution in [0, 0.1) is 20.8 Å². The SMILES string of the molecule is Cc1cnc(CS(=O)C2NC3C=CC=CC3N2C)c(C)c1C. The fourth-order valence-corrected chi connectivity index (χ4v) is 4.62. The number of pyridine rings is 1. The second-order valence-electron chi connectivity index (χ2n) is 6.13. The zero-order valence-corrected chi connectivity index (χ0v) is 14.4. The Kier molecular flexibility index (Phi) is 4.30. The van der Waals surface area contributed by atoms with Gasteiger partial charge in [-0.05, 0) is 44.5 Å². The van der Waals surface area contributed by atoms with Gasteiger partial charge < -0.3 is 0 Å². The number of nitrogens with one attached hydrogen (secondary N) is 1. The van der Waals surface area contributed by atoms with Crippen molar-refractivity contribution >= 4 is 10.8 Å². The molecular formula is C17H23N3OS. The lowest BCUT2D eigenvalue weighted by Crippen LogP contribution is -2.39. The van der Waals surface area contributed by atoms with Crippen LogP contribution in [0.1, 0.15) is 22.4 Å². The van der Waals surface area contributed by atoms with Crippen LogP contribution in [0.15, 0.2) is 30.5 Å². The number of nitrogens with zero attached hydrogens (tertiary/aromatic N) is 2. The van der Waals surface area contributed by atoms with E-state index >= 15 is 0 Å². The van der Waals surface area contributed by atoms with Crippen LogP contribution in [0.2, 0.25) is 0 Å². The lowest BCUT2D eigenvalue weighted by molar-refractivity contribution is 0.323. The van der Waals surface area contributed by atoms with E-state index in [1.54, 1.807) is 0 Å². The molecule has 118 valence electrons. The molecule has 0 saturated carbocycles. The summed E-state index contributed by atoms with van der Waals surface area (Å²) in [5, 5.41) is 3.47. The molecule has 1 aliphatic carbocycles. The molecule has 1 aromatic heterocycles. The third-order valence-corrected chi connectivity index (χ3v) is 6.33. The van der Waals surface area contributed by atoms with E-state index in [1.807, 2.05) is 19.3 Å². The zero-order valence-electron chi connectivity index (χ0n) is 13.5. The van der Waals surface area contributed by atoms with Crippen molar-refractivity contribution in [2.45, 2.75) is 44.1 Å². The predicted octanol–water partition coefficient (Wildman–Crippen LogP) is 1.94. The number of rotatable bonds is 3. The van der Waals surface area contributed by atoms with Gasteiger partial charge in [-0.2, -0.15) is 0 Å². The van der Waals surface area contributed by atoms with Gasteiger partial charge in [0.15, 0.2) is 0 Å². The number of likely N-dealkylation sites (N-methyl/N-ethyl adjacent to an activating group) is 1. The van der Waals surface area contributed by atoms with Gasteiger partial charge in [0.2, 0.25) is 0 Å². The van der Waals surface area contributed by atoms with Crippen LogP contribution in [0.4, 0.5) is 0 Å². The first-order valence-corrected chi connectivity index (χ1v) is 8.99. The van der Waals surface area contributed by atoms with Gasteiger partial charge in [-0.15, -0.1) is 0 Å². The molecule has 3 rings (SSSR count). The van der Waals surface area contributed by atoms with E-state index in [2.05, 4.69) is 54.2 Å². The maximum Gasteiger partial charge on any atom is 0.139 e. The van der Waals surface area contributed by atoms with Gasteiger partial charge in [0, 0.05) is 18.3 Å². The summed E-state index contributed by atoms with van der Waals surface area (Å²) < 4.78 is 12.8. The monoisotopic (exact) mass is 317 g/mol. The summed E-state index contributed by atoms with van der Waals surface area (Å²) in [6, 6.07) is 0.533. The Labute approximate surface area is 134 Å². The molecule has 22 heavy (non-hydrogen) atoms. The lowest BCUT2D eigenvalue weighted by Gasteiger charge is -2.23. The van der Waals surface area contributed by atoms with Crippen LogP contribution in [0.25, 0.3) is 0 Å². The standard InChI is InChI=1S/C17H23N3OS/c1-11-9-18-15(13(3)12(11)2)10-22(21)17-19-14-7-5-6-8-16(14)20(17)4/h5-9,14,16-17,19H,10H2,1-4H3. The molecule has 4 nitrogen and oxygen atoms in total. The minimum absolute atomic E-state index is 0.134. The van der Waals surface area contributed by atoms with Crippen LogP contribution >= 0.6 is 0 Å². The van der Waals surface area contributed by atoms with Crippen molar-refractivity contribution in [3.63, 3.8) is 0 Å². The van der Waals surface area contributed by atoms with E-state index in [0.717, 1.165) is 11.3 Å². The molecule has 2 heterocycles. The summed E-state index contributed by atoms with van der Waals surface area (Å²) in [7, 11) is 0.998. The first kappa shape index (κ1) is 15.6. The third-order valence-electron chi connectivity index (χ3n) is 4.81. The van der Waals surface area contributed by atoms with E-state index in [9.17, 15) is 4.21 Å². The highest BCUT2D eigenvalue weighted by molar-refractivity contribution is 7.84. The Morgan fingerprint density at radius 3 is 2.68 bits per heavy atom. The van der Waals surface area contributed by atoms with E-state index in [4.69, 9.17) is 0 Å². The first-order valence-electron chi connectivity index (χ1n) is 7.61. The molecule has 0 radical (unpaired) electrons. The van der Waals surface area contributed by atoms with E-state index in [1.165, 1.54) is 11.1 Å². The van der Waals surface area contributed by atoms with E-state index in [0.29, 0.717) is 5.75 Å². The van der Waals surface area contributed by atoms with E-state index in [-0.39, 0.29) is 17.6 Å². The number of hydrogen-bond acceptors (Lipinski definition) is 4. The Balaban J connectivity index is 1.77. The molecule has 1 aromatic rings. The molecule has 4 atom stereocenters. The van der Waals surface area contributed by atoms with Gasteiger partial charge in [-0.3, -0.25) is 19.4 Å². The fraction of sp³-hybridized carbons (Fsp3) is 0.471. The van der Waals surface area contributed by atoms with Crippen molar-refractivity contribution in [1.82, 2.24) is 15.2 Å². The van der Waals surface area contributed by atoms with Gasteiger partial charge in [0.05, 0.1) is 22.2 Å². The van der Waals surface area contributed by atoms with Gasteiger partial charge in [0.1, 0.15) is 5.50 Å². The summed E-state index contributed by atoms with van der Waals surface area (Å²) in [6.07, 6.45) is 10.3. The van der Waals surface area contributed by atoms with Crippen molar-refractivity contribution in [1.29, 1.82) is 0 Å². The summed E-state index contributed by atoms with van der Waals surface area (Å²) in [5.41, 5.74) is 4.40. The quantitative estimate of drug-likeness (QED) is 0.925. The maximum absolute atomic E-state index is 12.8. The highest BCUT2D eigenvalue weighted by Crippen LogP contribution is 2.24. The first-order chi connectivity index (χ1) is 10.5. The van der Waals surface area contributed by atoms with Crippen LogP contribution < -0.4 is 5.32 Å². The number of hydrogen-bond donors (Lipinski definition) is 1. The minimum atomic E-state index is -1.03. The fourth-order valence-electron chi connectivity index (χ4n) is 3.08. The number of fused-ring (bicyclic) bond motifs is 1. The van der Waals surface area contributed by atoms with Crippen molar-refractivity contribution in [3.8, 4) is 0 Å². The van der Waals surface area contributed by atoms with E-state index < -0.39 is 10.8 Å². The smallest absolute Gasteiger partial charge is 0.139 e. The molecule has 0 aromatic carbocycles. The summed E-state index contributed by atoms with van der Waals surface area (Å²) in [5.74, 6) is 0.488. The van der Waals surface area contributed by atoms with Crippen LogP contribution in [-0.4, -0.2) is 38.7 Å². The molecular weight excluding hydrogens is 294 g/mol. The Morgan fingerprint density at radius 1 is 1.23 bits per heavy atom. The predicted molar refractivity (Wildman–Crippen MR) is 90.8 cm³/mol. The molecule has 1 aliphatic heterocycles. The number of aromatic nitrogens is 1. The minimum Gasteiger partial charge on any atom is -0.283 e. The highest BCUT2D eigenvalue weighted by Gasteiger charge is 2.39. The molecule has 1 saturated heterocycles. The largest absolute Gasteiger partial charge is 0.283 e. The van der Waals surface area contributed by atoms with Gasteiger partial charge in [0.25, 0.3) is 0 Å². The average molecular weight is 317 g/mol. The second kappa shape index (κ2) is 6.07.